The molecule has 0 aromatic carbocycles. The molecule has 7 nitrogen and oxygen atoms in total. The second-order valence-corrected chi connectivity index (χ2v) is 4.09. The molecule has 1 aliphatic carbocycles. The van der Waals surface area contributed by atoms with Crippen LogP contribution in [-0.2, 0) is 7.05 Å². The van der Waals surface area contributed by atoms with Gasteiger partial charge in [-0.05, 0) is 19.8 Å². The normalized spacial score (nSPS) is 23.9. The zero-order valence-electron chi connectivity index (χ0n) is 9.21. The summed E-state index contributed by atoms with van der Waals surface area (Å²) in [5.74, 6) is 0.222. The number of aromatic nitrogens is 2. The summed E-state index contributed by atoms with van der Waals surface area (Å²) in [5.41, 5.74) is 5.94. The van der Waals surface area contributed by atoms with E-state index in [2.05, 4.69) is 5.10 Å². The Labute approximate surface area is 92.3 Å². The molecule has 16 heavy (non-hydrogen) atoms. The number of hydrogen-bond acceptors (Lipinski definition) is 5. The Morgan fingerprint density at radius 2 is 2.25 bits per heavy atom. The molecule has 0 aliphatic heterocycles. The Balaban J connectivity index is 2.22. The minimum Gasteiger partial charge on any atom is -0.470 e. The number of ether oxygens (including phenoxy) is 1. The van der Waals surface area contributed by atoms with E-state index >= 15 is 0 Å². The van der Waals surface area contributed by atoms with Crippen molar-refractivity contribution in [1.82, 2.24) is 9.78 Å². The quantitative estimate of drug-likeness (QED) is 0.598. The average molecular weight is 226 g/mol. The summed E-state index contributed by atoms with van der Waals surface area (Å²) in [6.07, 6.45) is 1.45. The third-order valence-corrected chi connectivity index (χ3v) is 2.73. The molecule has 2 N–H and O–H groups in total. The molecule has 0 amide bonds. The van der Waals surface area contributed by atoms with Gasteiger partial charge in [-0.1, -0.05) is 0 Å². The molecule has 1 aromatic heterocycles. The maximum absolute atomic E-state index is 10.9. The number of nitrogens with zero attached hydrogens (tertiary/aromatic N) is 3. The van der Waals surface area contributed by atoms with E-state index in [1.165, 1.54) is 4.68 Å². The number of aryl methyl sites for hydroxylation is 2. The van der Waals surface area contributed by atoms with Gasteiger partial charge in [-0.2, -0.15) is 5.10 Å². The number of rotatable bonds is 3. The highest BCUT2D eigenvalue weighted by Crippen LogP contribution is 2.33. The summed E-state index contributed by atoms with van der Waals surface area (Å²) in [7, 11) is 1.63. The highest BCUT2D eigenvalue weighted by Gasteiger charge is 2.33. The van der Waals surface area contributed by atoms with Crippen LogP contribution >= 0.6 is 0 Å². The van der Waals surface area contributed by atoms with Gasteiger partial charge in [0.05, 0.1) is 4.92 Å². The third-order valence-electron chi connectivity index (χ3n) is 2.73. The van der Waals surface area contributed by atoms with E-state index in [1.807, 2.05) is 0 Å². The van der Waals surface area contributed by atoms with Crippen molar-refractivity contribution >= 4 is 5.69 Å². The lowest BCUT2D eigenvalue weighted by Crippen LogP contribution is -2.43. The Morgan fingerprint density at radius 1 is 1.62 bits per heavy atom. The number of hydrogen-bond donors (Lipinski definition) is 1. The highest BCUT2D eigenvalue weighted by atomic mass is 16.6. The SMILES string of the molecule is Cc1nn(C)c(OC2CC(N)C2)c1[N+](=O)[O-]. The standard InChI is InChI=1S/C9H14N4O3/c1-5-8(13(14)15)9(12(2)11-5)16-7-3-6(10)4-7/h6-7H,3-4,10H2,1-2H3. The van der Waals surface area contributed by atoms with Crippen LogP contribution in [0.3, 0.4) is 0 Å². The minimum atomic E-state index is -0.462. The van der Waals surface area contributed by atoms with E-state index < -0.39 is 4.92 Å². The number of nitrogens with two attached hydrogens (primary N) is 1. The smallest absolute Gasteiger partial charge is 0.353 e. The summed E-state index contributed by atoms with van der Waals surface area (Å²) in [6.45, 7) is 1.59. The van der Waals surface area contributed by atoms with Crippen molar-refractivity contribution in [3.05, 3.63) is 15.8 Å². The van der Waals surface area contributed by atoms with Crippen LogP contribution in [0.15, 0.2) is 0 Å². The van der Waals surface area contributed by atoms with E-state index in [9.17, 15) is 10.1 Å². The first-order chi connectivity index (χ1) is 7.49. The van der Waals surface area contributed by atoms with Crippen LogP contribution < -0.4 is 10.5 Å². The van der Waals surface area contributed by atoms with Gasteiger partial charge in [-0.3, -0.25) is 10.1 Å². The van der Waals surface area contributed by atoms with Crippen molar-refractivity contribution in [2.75, 3.05) is 0 Å². The van der Waals surface area contributed by atoms with Gasteiger partial charge in [0, 0.05) is 13.1 Å². The fourth-order valence-electron chi connectivity index (χ4n) is 1.83. The van der Waals surface area contributed by atoms with Crippen molar-refractivity contribution in [2.24, 2.45) is 12.8 Å². The second kappa shape index (κ2) is 3.75. The lowest BCUT2D eigenvalue weighted by molar-refractivity contribution is -0.386. The monoisotopic (exact) mass is 226 g/mol. The molecule has 7 heteroatoms. The lowest BCUT2D eigenvalue weighted by Gasteiger charge is -2.31. The Hall–Kier alpha value is -1.63. The lowest BCUT2D eigenvalue weighted by atomic mass is 9.90. The van der Waals surface area contributed by atoms with E-state index in [1.54, 1.807) is 14.0 Å². The Morgan fingerprint density at radius 3 is 2.75 bits per heavy atom. The van der Waals surface area contributed by atoms with Crippen molar-refractivity contribution in [3.8, 4) is 5.88 Å². The van der Waals surface area contributed by atoms with Gasteiger partial charge < -0.3 is 10.5 Å². The molecule has 88 valence electrons. The van der Waals surface area contributed by atoms with Gasteiger partial charge in [0.1, 0.15) is 11.8 Å². The van der Waals surface area contributed by atoms with Crippen molar-refractivity contribution < 1.29 is 9.66 Å². The molecule has 1 fully saturated rings. The van der Waals surface area contributed by atoms with Gasteiger partial charge in [0.25, 0.3) is 5.88 Å². The first-order valence-corrected chi connectivity index (χ1v) is 5.09. The summed E-state index contributed by atoms with van der Waals surface area (Å²) in [6, 6.07) is 0.151. The van der Waals surface area contributed by atoms with Gasteiger partial charge in [0.15, 0.2) is 0 Å². The largest absolute Gasteiger partial charge is 0.470 e. The van der Waals surface area contributed by atoms with Gasteiger partial charge in [-0.15, -0.1) is 0 Å². The van der Waals surface area contributed by atoms with Crippen molar-refractivity contribution in [3.63, 3.8) is 0 Å². The molecule has 1 heterocycles. The molecule has 1 saturated carbocycles. The molecule has 0 atom stereocenters. The third kappa shape index (κ3) is 1.73. The summed E-state index contributed by atoms with van der Waals surface area (Å²) >= 11 is 0. The molecule has 0 bridgehead atoms. The topological polar surface area (TPSA) is 96.2 Å². The van der Waals surface area contributed by atoms with Gasteiger partial charge in [-0.25, -0.2) is 4.68 Å². The molecule has 0 saturated heterocycles. The summed E-state index contributed by atoms with van der Waals surface area (Å²) in [5, 5.41) is 14.8. The van der Waals surface area contributed by atoms with Crippen LogP contribution in [0.1, 0.15) is 18.5 Å². The molecular weight excluding hydrogens is 212 g/mol. The van der Waals surface area contributed by atoms with E-state index in [-0.39, 0.29) is 23.7 Å². The molecule has 1 aliphatic rings. The summed E-state index contributed by atoms with van der Waals surface area (Å²) in [4.78, 5) is 10.4. The predicted octanol–water partition coefficient (Wildman–Crippen LogP) is 0.505. The molecule has 0 unspecified atom stereocenters. The fraction of sp³-hybridized carbons (Fsp3) is 0.667. The first kappa shape index (κ1) is 10.9. The Bertz CT molecular complexity index is 423. The second-order valence-electron chi connectivity index (χ2n) is 4.09. The van der Waals surface area contributed by atoms with Gasteiger partial charge in [0.2, 0.25) is 0 Å². The van der Waals surface area contributed by atoms with E-state index in [0.717, 1.165) is 12.8 Å². The van der Waals surface area contributed by atoms with Crippen LogP contribution in [0.5, 0.6) is 5.88 Å². The Kier molecular flexibility index (Phi) is 2.55. The maximum Gasteiger partial charge on any atom is 0.353 e. The zero-order valence-corrected chi connectivity index (χ0v) is 9.21. The van der Waals surface area contributed by atoms with Crippen LogP contribution in [0.25, 0.3) is 0 Å². The highest BCUT2D eigenvalue weighted by molar-refractivity contribution is 5.45. The summed E-state index contributed by atoms with van der Waals surface area (Å²) < 4.78 is 6.94. The van der Waals surface area contributed by atoms with E-state index in [4.69, 9.17) is 10.5 Å². The van der Waals surface area contributed by atoms with Crippen LogP contribution in [-0.4, -0.2) is 26.8 Å². The van der Waals surface area contributed by atoms with Crippen LogP contribution in [0, 0.1) is 17.0 Å². The zero-order chi connectivity index (χ0) is 11.9. The van der Waals surface area contributed by atoms with E-state index in [0.29, 0.717) is 5.69 Å². The average Bonchev–Trinajstić information content (AvgIpc) is 2.39. The number of nitro groups is 1. The van der Waals surface area contributed by atoms with Crippen molar-refractivity contribution in [1.29, 1.82) is 0 Å². The molecule has 2 rings (SSSR count). The fourth-order valence-corrected chi connectivity index (χ4v) is 1.83. The van der Waals surface area contributed by atoms with Crippen molar-refractivity contribution in [2.45, 2.75) is 31.9 Å². The molecular formula is C9H14N4O3. The molecule has 0 radical (unpaired) electrons. The van der Waals surface area contributed by atoms with Gasteiger partial charge >= 0.3 is 5.69 Å². The first-order valence-electron chi connectivity index (χ1n) is 5.09. The predicted molar refractivity (Wildman–Crippen MR) is 56.2 cm³/mol. The molecule has 1 aromatic rings. The minimum absolute atomic E-state index is 0.0245. The van der Waals surface area contributed by atoms with Crippen LogP contribution in [0.2, 0.25) is 0 Å². The maximum atomic E-state index is 10.9. The van der Waals surface area contributed by atoms with Crippen LogP contribution in [0.4, 0.5) is 5.69 Å². The molecule has 0 spiro atoms.